The molecule has 6 rings (SSSR count). The van der Waals surface area contributed by atoms with E-state index in [0.29, 0.717) is 37.1 Å². The van der Waals surface area contributed by atoms with Crippen molar-refractivity contribution in [3.63, 3.8) is 0 Å². The van der Waals surface area contributed by atoms with Crippen molar-refractivity contribution in [3.05, 3.63) is 113 Å². The third kappa shape index (κ3) is 10.2. The zero-order chi connectivity index (χ0) is 35.5. The number of nitrogens with one attached hydrogen (secondary N) is 1. The lowest BCUT2D eigenvalue weighted by Crippen LogP contribution is -2.42. The van der Waals surface area contributed by atoms with E-state index in [0.717, 1.165) is 17.7 Å². The number of nitrogens with zero attached hydrogens (tertiary/aromatic N) is 2. The van der Waals surface area contributed by atoms with Gasteiger partial charge in [0.1, 0.15) is 5.82 Å². The van der Waals surface area contributed by atoms with Crippen LogP contribution in [0.2, 0.25) is 0 Å². The number of fused-ring (bicyclic) bond motifs is 1. The third-order valence-electron chi connectivity index (χ3n) is 8.27. The molecule has 2 aliphatic rings. The number of pyridine rings is 1. The lowest BCUT2D eigenvalue weighted by atomic mass is 9.83. The molecule has 2 amide bonds. The number of hydrogen-bond acceptors (Lipinski definition) is 6. The molecular weight excluding hydrogens is 757 g/mol. The molecule has 258 valence electrons. The smallest absolute Gasteiger partial charge is 0.385 e. The van der Waals surface area contributed by atoms with E-state index >= 15 is 4.39 Å². The number of aliphatic hydroxyl groups is 1. The lowest BCUT2D eigenvalue weighted by molar-refractivity contribution is -0.138. The average molecular weight is 798 g/mol. The molecule has 48 heavy (non-hydrogen) atoms. The number of piperidine rings is 2. The second-order valence-corrected chi connectivity index (χ2v) is 11.4. The van der Waals surface area contributed by atoms with Crippen molar-refractivity contribution in [2.24, 2.45) is 0 Å². The van der Waals surface area contributed by atoms with Gasteiger partial charge in [0.05, 0.1) is 22.6 Å². The van der Waals surface area contributed by atoms with Crippen LogP contribution >= 0.6 is 31.0 Å². The fourth-order valence-electron chi connectivity index (χ4n) is 5.68. The molecule has 0 radical (unpaired) electrons. The van der Waals surface area contributed by atoms with Crippen LogP contribution in [0.1, 0.15) is 73.3 Å². The van der Waals surface area contributed by atoms with E-state index < -0.39 is 35.0 Å². The van der Waals surface area contributed by atoms with Crippen LogP contribution in [0.25, 0.3) is 10.9 Å². The summed E-state index contributed by atoms with van der Waals surface area (Å²) in [7, 11) is 3.50. The molecule has 2 saturated heterocycles. The van der Waals surface area contributed by atoms with Crippen molar-refractivity contribution in [1.29, 1.82) is 0 Å². The van der Waals surface area contributed by atoms with Gasteiger partial charge in [-0.25, -0.2) is 4.39 Å². The van der Waals surface area contributed by atoms with Crippen LogP contribution in [-0.2, 0) is 27.9 Å². The molecule has 3 aromatic carbocycles. The molecule has 4 aromatic rings. The highest BCUT2D eigenvalue weighted by molar-refractivity contribution is 14.2. The summed E-state index contributed by atoms with van der Waals surface area (Å²) in [6.07, 6.45) is -1.87. The summed E-state index contributed by atoms with van der Waals surface area (Å²) in [5.41, 5.74) is 0.972. The Morgan fingerprint density at radius 3 is 2.17 bits per heavy atom. The molecule has 0 saturated carbocycles. The number of hydrogen-bond donors (Lipinski definition) is 3. The Hall–Kier alpha value is -3.07. The maximum Gasteiger partial charge on any atom is 0.416 e. The zero-order valence-electron chi connectivity index (χ0n) is 27.0. The van der Waals surface area contributed by atoms with Crippen LogP contribution in [0.15, 0.2) is 79.0 Å². The van der Waals surface area contributed by atoms with E-state index in [9.17, 15) is 27.9 Å². The molecule has 0 bridgehead atoms. The normalized spacial score (nSPS) is 17.5. The third-order valence-corrected chi connectivity index (χ3v) is 8.27. The van der Waals surface area contributed by atoms with E-state index in [1.165, 1.54) is 30.0 Å². The first-order chi connectivity index (χ1) is 22.9. The number of benzene rings is 3. The van der Waals surface area contributed by atoms with Crippen molar-refractivity contribution >= 4 is 53.7 Å². The van der Waals surface area contributed by atoms with Crippen molar-refractivity contribution in [2.45, 2.75) is 70.7 Å². The maximum atomic E-state index is 15.7. The Balaban J connectivity index is 0.000000493. The largest absolute Gasteiger partial charge is 0.416 e. The summed E-state index contributed by atoms with van der Waals surface area (Å²) in [6, 6.07) is 20.0. The first-order valence-electron chi connectivity index (χ1n) is 15.6. The number of aryl methyl sites for hydroxylation is 1. The molecule has 12 heteroatoms. The van der Waals surface area contributed by atoms with Gasteiger partial charge in [0.15, 0.2) is 0 Å². The average Bonchev–Trinajstić information content (AvgIpc) is 3.08. The highest BCUT2D eigenvalue weighted by atomic mass is 127. The predicted molar refractivity (Wildman–Crippen MR) is 192 cm³/mol. The minimum atomic E-state index is -4.39. The highest BCUT2D eigenvalue weighted by Gasteiger charge is 2.37. The number of thiol groups is 1. The summed E-state index contributed by atoms with van der Waals surface area (Å²) in [6.45, 7) is 7.38. The summed E-state index contributed by atoms with van der Waals surface area (Å²) < 4.78 is 54.1. The number of carbonyl (C=O) groups is 2. The monoisotopic (exact) mass is 797 g/mol. The fraction of sp³-hybridized carbons (Fsp3) is 0.361. The van der Waals surface area contributed by atoms with Gasteiger partial charge in [-0.3, -0.25) is 24.8 Å². The Bertz CT molecular complexity index is 1650. The first-order valence-corrected chi connectivity index (χ1v) is 18.9. The van der Waals surface area contributed by atoms with E-state index in [1.54, 1.807) is 12.1 Å². The molecule has 6 nitrogen and oxygen atoms in total. The second kappa shape index (κ2) is 18.1. The van der Waals surface area contributed by atoms with E-state index in [2.05, 4.69) is 39.2 Å². The highest BCUT2D eigenvalue weighted by Crippen LogP contribution is 2.38. The van der Waals surface area contributed by atoms with Gasteiger partial charge in [-0.2, -0.15) is 13.2 Å². The zero-order valence-corrected chi connectivity index (χ0v) is 30.1. The molecular formula is C36H40F4IN3O3S. The van der Waals surface area contributed by atoms with Crippen molar-refractivity contribution in [2.75, 3.05) is 13.1 Å². The van der Waals surface area contributed by atoms with Crippen LogP contribution in [0.3, 0.4) is 0 Å². The SMILES string of the molecule is CC.Cc1ccccc1.O=C1CCC(c2cnc3ccc(C4(O)CCN(Cc5ccc(C(F)(F)F)cc5)CC4)c(F)c3c2)C(=O)N1.SI. The quantitative estimate of drug-likeness (QED) is 0.0834. The number of likely N-dealkylation sites (tertiary alicyclic amines) is 1. The van der Waals surface area contributed by atoms with Gasteiger partial charge in [0, 0.05) is 43.2 Å². The topological polar surface area (TPSA) is 82.5 Å². The first kappa shape index (κ1) is 39.4. The van der Waals surface area contributed by atoms with E-state index in [-0.39, 0.29) is 36.1 Å². The van der Waals surface area contributed by atoms with Gasteiger partial charge in [0.2, 0.25) is 11.8 Å². The standard InChI is InChI=1S/C27H25F4N3O3.C7H8.C2H6.HIS/c28-24-20-13-17(19-5-8-23(35)33-25(19)36)14-32-22(20)7-6-21(24)26(37)9-11-34(12-10-26)15-16-1-3-18(4-2-16)27(29,30)31;1-7-5-3-2-4-6-7;2*1-2/h1-4,6-7,13-14,19,37H,5,8-12,15H2,(H,33,35,36);2-6H,1H3;1-2H3;2H. The van der Waals surface area contributed by atoms with Crippen LogP contribution in [-0.4, -0.2) is 39.9 Å². The van der Waals surface area contributed by atoms with Gasteiger partial charge < -0.3 is 5.11 Å². The van der Waals surface area contributed by atoms with Gasteiger partial charge in [-0.05, 0) is 82.8 Å². The molecule has 3 heterocycles. The van der Waals surface area contributed by atoms with Gasteiger partial charge in [-0.1, -0.05) is 67.9 Å². The number of carbonyl (C=O) groups excluding carboxylic acids is 2. The van der Waals surface area contributed by atoms with Crippen LogP contribution < -0.4 is 5.32 Å². The molecule has 1 aromatic heterocycles. The number of alkyl halides is 3. The number of imide groups is 1. The number of aromatic nitrogens is 1. The van der Waals surface area contributed by atoms with Gasteiger partial charge in [-0.15, -0.1) is 9.80 Å². The van der Waals surface area contributed by atoms with Gasteiger partial charge >= 0.3 is 6.18 Å². The Morgan fingerprint density at radius 1 is 1.00 bits per heavy atom. The molecule has 1 atom stereocenters. The maximum absolute atomic E-state index is 15.7. The molecule has 2 N–H and O–H groups in total. The summed E-state index contributed by atoms with van der Waals surface area (Å²) in [5, 5.41) is 13.9. The number of amides is 2. The second-order valence-electron chi connectivity index (χ2n) is 11.4. The van der Waals surface area contributed by atoms with Crippen LogP contribution in [0.5, 0.6) is 0 Å². The van der Waals surface area contributed by atoms with E-state index in [1.807, 2.05) is 58.2 Å². The van der Waals surface area contributed by atoms with E-state index in [4.69, 9.17) is 0 Å². The van der Waals surface area contributed by atoms with Crippen LogP contribution in [0, 0.1) is 12.7 Å². The predicted octanol–water partition coefficient (Wildman–Crippen LogP) is 8.68. The van der Waals surface area contributed by atoms with Crippen LogP contribution in [0.4, 0.5) is 17.6 Å². The Morgan fingerprint density at radius 2 is 1.62 bits per heavy atom. The van der Waals surface area contributed by atoms with Gasteiger partial charge in [0.25, 0.3) is 0 Å². The Labute approximate surface area is 296 Å². The minimum Gasteiger partial charge on any atom is -0.385 e. The summed E-state index contributed by atoms with van der Waals surface area (Å²) >= 11 is 1.84. The van der Waals surface area contributed by atoms with Crippen molar-refractivity contribution in [1.82, 2.24) is 15.2 Å². The summed E-state index contributed by atoms with van der Waals surface area (Å²) in [5.74, 6) is -1.98. The minimum absolute atomic E-state index is 0.149. The Kier molecular flexibility index (Phi) is 14.8. The molecule has 1 unspecified atom stereocenters. The molecule has 2 fully saturated rings. The summed E-state index contributed by atoms with van der Waals surface area (Å²) in [4.78, 5) is 30.0. The van der Waals surface area contributed by atoms with Crippen molar-refractivity contribution < 1.29 is 32.3 Å². The fourth-order valence-corrected chi connectivity index (χ4v) is 5.68. The van der Waals surface area contributed by atoms with Crippen molar-refractivity contribution in [3.8, 4) is 0 Å². The molecule has 2 aliphatic heterocycles. The lowest BCUT2D eigenvalue weighted by Gasteiger charge is -2.38. The molecule has 0 aliphatic carbocycles. The number of rotatable bonds is 4. The number of halogens is 5. The molecule has 0 spiro atoms.